The average Bonchev–Trinajstić information content (AvgIpc) is 2.46. The van der Waals surface area contributed by atoms with Gasteiger partial charge in [0.1, 0.15) is 0 Å². The Morgan fingerprint density at radius 1 is 1.22 bits per heavy atom. The maximum absolute atomic E-state index is 12.4. The van der Waals surface area contributed by atoms with Crippen molar-refractivity contribution in [3.8, 4) is 6.07 Å². The van der Waals surface area contributed by atoms with Crippen molar-refractivity contribution in [3.05, 3.63) is 0 Å². The molecule has 0 saturated carbocycles. The van der Waals surface area contributed by atoms with Crippen molar-refractivity contribution >= 4 is 5.91 Å². The van der Waals surface area contributed by atoms with Crippen LogP contribution in [0.4, 0.5) is 0 Å². The summed E-state index contributed by atoms with van der Waals surface area (Å²) in [6.07, 6.45) is 5.55. The number of carbonyl (C=O) groups excluding carboxylic acids is 1. The zero-order chi connectivity index (χ0) is 13.0. The summed E-state index contributed by atoms with van der Waals surface area (Å²) in [7, 11) is 0. The van der Waals surface area contributed by atoms with Crippen LogP contribution >= 0.6 is 0 Å². The van der Waals surface area contributed by atoms with Crippen molar-refractivity contribution in [3.63, 3.8) is 0 Å². The molecule has 2 heterocycles. The minimum atomic E-state index is -0.0563. The summed E-state index contributed by atoms with van der Waals surface area (Å²) in [5, 5.41) is 9.01. The van der Waals surface area contributed by atoms with Crippen LogP contribution in [0.25, 0.3) is 0 Å². The Bertz CT molecular complexity index is 330. The molecule has 2 saturated heterocycles. The lowest BCUT2D eigenvalue weighted by atomic mass is 9.98. The molecule has 0 bridgehead atoms. The third kappa shape index (κ3) is 3.02. The lowest BCUT2D eigenvalue weighted by molar-refractivity contribution is -0.137. The predicted molar refractivity (Wildman–Crippen MR) is 69.8 cm³/mol. The van der Waals surface area contributed by atoms with E-state index in [2.05, 4.69) is 11.0 Å². The monoisotopic (exact) mass is 249 g/mol. The van der Waals surface area contributed by atoms with Crippen LogP contribution in [0, 0.1) is 17.2 Å². The first-order valence-corrected chi connectivity index (χ1v) is 7.15. The van der Waals surface area contributed by atoms with Gasteiger partial charge in [0.2, 0.25) is 5.91 Å². The smallest absolute Gasteiger partial charge is 0.239 e. The summed E-state index contributed by atoms with van der Waals surface area (Å²) in [6.45, 7) is 5.55. The van der Waals surface area contributed by atoms with Gasteiger partial charge in [0.25, 0.3) is 0 Å². The molecule has 2 unspecified atom stereocenters. The van der Waals surface area contributed by atoms with E-state index >= 15 is 0 Å². The fourth-order valence-electron chi connectivity index (χ4n) is 3.00. The van der Waals surface area contributed by atoms with E-state index in [0.29, 0.717) is 0 Å². The van der Waals surface area contributed by atoms with Crippen molar-refractivity contribution in [2.75, 3.05) is 26.2 Å². The van der Waals surface area contributed by atoms with Crippen LogP contribution in [0.2, 0.25) is 0 Å². The average molecular weight is 249 g/mol. The molecule has 0 N–H and O–H groups in total. The fraction of sp³-hybridized carbons (Fsp3) is 0.857. The van der Waals surface area contributed by atoms with Crippen molar-refractivity contribution in [1.82, 2.24) is 9.80 Å². The molecule has 0 aromatic rings. The number of rotatable bonds is 2. The maximum atomic E-state index is 12.4. The molecule has 0 spiro atoms. The van der Waals surface area contributed by atoms with E-state index in [1.807, 2.05) is 11.8 Å². The van der Waals surface area contributed by atoms with E-state index in [4.69, 9.17) is 5.26 Å². The molecule has 2 aliphatic heterocycles. The Labute approximate surface area is 110 Å². The number of hydrogen-bond donors (Lipinski definition) is 0. The number of nitrogens with zero attached hydrogens (tertiary/aromatic N) is 3. The Balaban J connectivity index is 1.91. The highest BCUT2D eigenvalue weighted by Gasteiger charge is 2.30. The largest absolute Gasteiger partial charge is 0.341 e. The topological polar surface area (TPSA) is 47.3 Å². The Kier molecular flexibility index (Phi) is 4.60. The van der Waals surface area contributed by atoms with E-state index in [1.54, 1.807) is 0 Å². The summed E-state index contributed by atoms with van der Waals surface area (Å²) in [5.41, 5.74) is 0. The molecule has 0 radical (unpaired) electrons. The van der Waals surface area contributed by atoms with Gasteiger partial charge >= 0.3 is 0 Å². The third-order valence-corrected chi connectivity index (χ3v) is 4.21. The second kappa shape index (κ2) is 6.19. The van der Waals surface area contributed by atoms with Crippen molar-refractivity contribution in [2.45, 2.75) is 45.1 Å². The van der Waals surface area contributed by atoms with E-state index in [-0.39, 0.29) is 17.9 Å². The van der Waals surface area contributed by atoms with Gasteiger partial charge in [0, 0.05) is 19.6 Å². The van der Waals surface area contributed by atoms with Gasteiger partial charge in [-0.1, -0.05) is 0 Å². The summed E-state index contributed by atoms with van der Waals surface area (Å²) >= 11 is 0. The van der Waals surface area contributed by atoms with Gasteiger partial charge in [-0.3, -0.25) is 9.69 Å². The van der Waals surface area contributed by atoms with Gasteiger partial charge in [-0.25, -0.2) is 0 Å². The quantitative estimate of drug-likeness (QED) is 0.747. The first-order valence-electron chi connectivity index (χ1n) is 7.15. The van der Waals surface area contributed by atoms with Crippen molar-refractivity contribution in [2.24, 2.45) is 5.92 Å². The molecule has 2 aliphatic rings. The molecule has 2 fully saturated rings. The van der Waals surface area contributed by atoms with Crippen LogP contribution < -0.4 is 0 Å². The number of piperidine rings is 2. The van der Waals surface area contributed by atoms with Crippen LogP contribution in [0.1, 0.15) is 39.0 Å². The van der Waals surface area contributed by atoms with Gasteiger partial charge in [0.05, 0.1) is 18.0 Å². The van der Waals surface area contributed by atoms with Gasteiger partial charge in [-0.2, -0.15) is 5.26 Å². The molecule has 0 aromatic heterocycles. The molecule has 2 rings (SSSR count). The summed E-state index contributed by atoms with van der Waals surface area (Å²) in [5.74, 6) is 0.364. The van der Waals surface area contributed by atoms with Crippen LogP contribution in [0.15, 0.2) is 0 Å². The predicted octanol–water partition coefficient (Wildman–Crippen LogP) is 1.62. The molecular formula is C14H23N3O. The molecule has 2 atom stereocenters. The highest BCUT2D eigenvalue weighted by molar-refractivity contribution is 5.81. The lowest BCUT2D eigenvalue weighted by Crippen LogP contribution is -2.51. The molecule has 0 aromatic carbocycles. The van der Waals surface area contributed by atoms with Crippen LogP contribution in [0.3, 0.4) is 0 Å². The SMILES string of the molecule is CC(C(=O)N1CCCCC1)N1CCCC(C#N)C1. The van der Waals surface area contributed by atoms with E-state index in [9.17, 15) is 4.79 Å². The molecule has 100 valence electrons. The standard InChI is InChI=1S/C14H23N3O/c1-12(14(18)16-7-3-2-4-8-16)17-9-5-6-13(10-15)11-17/h12-13H,2-9,11H2,1H3. The summed E-state index contributed by atoms with van der Waals surface area (Å²) in [4.78, 5) is 16.6. The molecule has 18 heavy (non-hydrogen) atoms. The molecule has 1 amide bonds. The highest BCUT2D eigenvalue weighted by atomic mass is 16.2. The Morgan fingerprint density at radius 2 is 1.94 bits per heavy atom. The molecule has 4 heteroatoms. The Morgan fingerprint density at radius 3 is 2.61 bits per heavy atom. The first kappa shape index (κ1) is 13.4. The zero-order valence-corrected chi connectivity index (χ0v) is 11.3. The van der Waals surface area contributed by atoms with E-state index in [1.165, 1.54) is 6.42 Å². The molecule has 0 aliphatic carbocycles. The number of amides is 1. The summed E-state index contributed by atoms with van der Waals surface area (Å²) in [6, 6.07) is 2.28. The second-order valence-electron chi connectivity index (χ2n) is 5.53. The normalized spacial score (nSPS) is 27.6. The van der Waals surface area contributed by atoms with Gasteiger partial charge in [-0.15, -0.1) is 0 Å². The second-order valence-corrected chi connectivity index (χ2v) is 5.53. The van der Waals surface area contributed by atoms with Crippen LogP contribution in [-0.4, -0.2) is 47.9 Å². The number of carbonyl (C=O) groups is 1. The number of hydrogen-bond acceptors (Lipinski definition) is 3. The van der Waals surface area contributed by atoms with Gasteiger partial charge in [-0.05, 0) is 45.6 Å². The van der Waals surface area contributed by atoms with Crippen molar-refractivity contribution in [1.29, 1.82) is 5.26 Å². The fourth-order valence-corrected chi connectivity index (χ4v) is 3.00. The zero-order valence-electron chi connectivity index (χ0n) is 11.3. The van der Waals surface area contributed by atoms with E-state index < -0.39 is 0 Å². The molecular weight excluding hydrogens is 226 g/mol. The number of nitriles is 1. The van der Waals surface area contributed by atoms with Crippen LogP contribution in [0.5, 0.6) is 0 Å². The minimum Gasteiger partial charge on any atom is -0.341 e. The maximum Gasteiger partial charge on any atom is 0.239 e. The minimum absolute atomic E-state index is 0.0563. The lowest BCUT2D eigenvalue weighted by Gasteiger charge is -2.37. The van der Waals surface area contributed by atoms with Crippen LogP contribution in [-0.2, 0) is 4.79 Å². The highest BCUT2D eigenvalue weighted by Crippen LogP contribution is 2.19. The summed E-state index contributed by atoms with van der Waals surface area (Å²) < 4.78 is 0. The number of likely N-dealkylation sites (tertiary alicyclic amines) is 2. The Hall–Kier alpha value is -1.08. The first-order chi connectivity index (χ1) is 8.72. The third-order valence-electron chi connectivity index (χ3n) is 4.21. The van der Waals surface area contributed by atoms with Gasteiger partial charge in [0.15, 0.2) is 0 Å². The van der Waals surface area contributed by atoms with Gasteiger partial charge < -0.3 is 4.90 Å². The van der Waals surface area contributed by atoms with E-state index in [0.717, 1.165) is 51.9 Å². The van der Waals surface area contributed by atoms with Crippen molar-refractivity contribution < 1.29 is 4.79 Å². The molecule has 4 nitrogen and oxygen atoms in total.